The fourth-order valence-corrected chi connectivity index (χ4v) is 2.71. The number of hydrogen-bond donors (Lipinski definition) is 0. The van der Waals surface area contributed by atoms with Gasteiger partial charge in [0, 0.05) is 6.42 Å². The second-order valence-corrected chi connectivity index (χ2v) is 4.80. The summed E-state index contributed by atoms with van der Waals surface area (Å²) in [6.07, 6.45) is 8.71. The van der Waals surface area contributed by atoms with E-state index < -0.39 is 0 Å². The zero-order valence-corrected chi connectivity index (χ0v) is 10.8. The Morgan fingerprint density at radius 1 is 1.27 bits per heavy atom. The van der Waals surface area contributed by atoms with E-state index in [0.29, 0.717) is 5.41 Å². The maximum absolute atomic E-state index is 5.73. The summed E-state index contributed by atoms with van der Waals surface area (Å²) in [4.78, 5) is 0. The first-order chi connectivity index (χ1) is 7.19. The minimum absolute atomic E-state index is 0.420. The van der Waals surface area contributed by atoms with E-state index >= 15 is 0 Å². The topological polar surface area (TPSA) is 9.23 Å². The molecular weight excluding hydrogens is 184 g/mol. The van der Waals surface area contributed by atoms with E-state index in [0.717, 1.165) is 18.9 Å². The van der Waals surface area contributed by atoms with Crippen LogP contribution in [0.15, 0.2) is 11.8 Å². The summed E-state index contributed by atoms with van der Waals surface area (Å²) in [6, 6.07) is 0. The molecule has 1 rings (SSSR count). The average Bonchev–Trinajstić information content (AvgIpc) is 2.29. The van der Waals surface area contributed by atoms with Crippen molar-refractivity contribution in [1.29, 1.82) is 0 Å². The molecule has 1 nitrogen and oxygen atoms in total. The van der Waals surface area contributed by atoms with Crippen LogP contribution in [0.3, 0.4) is 0 Å². The summed E-state index contributed by atoms with van der Waals surface area (Å²) in [5.41, 5.74) is 0.420. The predicted octanol–water partition coefficient (Wildman–Crippen LogP) is 4.53. The number of hydrogen-bond acceptors (Lipinski definition) is 1. The molecule has 0 radical (unpaired) electrons. The Morgan fingerprint density at radius 2 is 1.93 bits per heavy atom. The van der Waals surface area contributed by atoms with Gasteiger partial charge < -0.3 is 4.74 Å². The summed E-state index contributed by atoms with van der Waals surface area (Å²) in [5, 5.41) is 0. The van der Waals surface area contributed by atoms with Crippen LogP contribution in [-0.2, 0) is 4.74 Å². The van der Waals surface area contributed by atoms with E-state index in [1.165, 1.54) is 31.4 Å². The largest absolute Gasteiger partial charge is 0.499 e. The van der Waals surface area contributed by atoms with Crippen LogP contribution in [0.2, 0.25) is 0 Å². The van der Waals surface area contributed by atoms with Gasteiger partial charge in [0.2, 0.25) is 0 Å². The monoisotopic (exact) mass is 210 g/mol. The Morgan fingerprint density at radius 3 is 2.40 bits per heavy atom. The third-order valence-electron chi connectivity index (χ3n) is 3.97. The summed E-state index contributed by atoms with van der Waals surface area (Å²) in [6.45, 7) is 9.81. The number of ether oxygens (including phenoxy) is 1. The smallest absolute Gasteiger partial charge is 0.0928 e. The van der Waals surface area contributed by atoms with Gasteiger partial charge in [-0.15, -0.1) is 0 Å². The van der Waals surface area contributed by atoms with Gasteiger partial charge in [-0.1, -0.05) is 27.2 Å². The molecule has 1 unspecified atom stereocenters. The van der Waals surface area contributed by atoms with Crippen molar-refractivity contribution in [2.45, 2.75) is 59.8 Å². The summed E-state index contributed by atoms with van der Waals surface area (Å²) in [5.74, 6) is 2.08. The Hall–Kier alpha value is -0.460. The molecule has 0 fully saturated rings. The van der Waals surface area contributed by atoms with Crippen LogP contribution in [0.5, 0.6) is 0 Å². The molecule has 0 spiro atoms. The van der Waals surface area contributed by atoms with Crippen molar-refractivity contribution in [1.82, 2.24) is 0 Å². The molecule has 1 heteroatoms. The Balaban J connectivity index is 2.82. The van der Waals surface area contributed by atoms with Crippen molar-refractivity contribution in [3.63, 3.8) is 0 Å². The second-order valence-electron chi connectivity index (χ2n) is 4.80. The van der Waals surface area contributed by atoms with Crippen LogP contribution in [0.4, 0.5) is 0 Å². The van der Waals surface area contributed by atoms with Crippen molar-refractivity contribution >= 4 is 0 Å². The van der Waals surface area contributed by atoms with Gasteiger partial charge in [-0.25, -0.2) is 0 Å². The van der Waals surface area contributed by atoms with Gasteiger partial charge in [-0.3, -0.25) is 0 Å². The highest BCUT2D eigenvalue weighted by Crippen LogP contribution is 2.43. The summed E-state index contributed by atoms with van der Waals surface area (Å²) >= 11 is 0. The van der Waals surface area contributed by atoms with Gasteiger partial charge in [0.05, 0.1) is 12.4 Å². The van der Waals surface area contributed by atoms with Gasteiger partial charge >= 0.3 is 0 Å². The minimum Gasteiger partial charge on any atom is -0.499 e. The fourth-order valence-electron chi connectivity index (χ4n) is 2.71. The molecule has 1 aliphatic rings. The molecule has 88 valence electrons. The van der Waals surface area contributed by atoms with Crippen LogP contribution in [0, 0.1) is 11.3 Å². The third-order valence-corrected chi connectivity index (χ3v) is 3.97. The molecule has 0 aromatic rings. The zero-order chi connectivity index (χ0) is 11.3. The van der Waals surface area contributed by atoms with Crippen molar-refractivity contribution in [2.75, 3.05) is 6.61 Å². The fraction of sp³-hybridized carbons (Fsp3) is 0.857. The lowest BCUT2D eigenvalue weighted by atomic mass is 9.69. The Kier molecular flexibility index (Phi) is 4.69. The molecule has 0 aromatic heterocycles. The van der Waals surface area contributed by atoms with Gasteiger partial charge in [0.1, 0.15) is 0 Å². The van der Waals surface area contributed by atoms with Crippen LogP contribution in [-0.4, -0.2) is 6.61 Å². The van der Waals surface area contributed by atoms with E-state index in [4.69, 9.17) is 4.74 Å². The Bertz CT molecular complexity index is 213. The quantitative estimate of drug-likeness (QED) is 0.647. The molecule has 1 atom stereocenters. The zero-order valence-electron chi connectivity index (χ0n) is 10.8. The lowest BCUT2D eigenvalue weighted by Gasteiger charge is -2.37. The van der Waals surface area contributed by atoms with Crippen LogP contribution < -0.4 is 0 Å². The first-order valence-corrected chi connectivity index (χ1v) is 6.54. The lowest BCUT2D eigenvalue weighted by molar-refractivity contribution is 0.150. The maximum atomic E-state index is 5.73. The molecule has 0 aliphatic heterocycles. The summed E-state index contributed by atoms with van der Waals surface area (Å²) < 4.78 is 5.73. The number of allylic oxidation sites excluding steroid dienone is 2. The van der Waals surface area contributed by atoms with Crippen molar-refractivity contribution in [3.05, 3.63) is 11.8 Å². The molecule has 0 N–H and O–H groups in total. The van der Waals surface area contributed by atoms with E-state index in [1.54, 1.807) is 0 Å². The highest BCUT2D eigenvalue weighted by molar-refractivity contribution is 5.10. The normalized spacial score (nSPS) is 24.8. The molecule has 0 bridgehead atoms. The molecule has 0 heterocycles. The van der Waals surface area contributed by atoms with Gasteiger partial charge in [0.25, 0.3) is 0 Å². The highest BCUT2D eigenvalue weighted by atomic mass is 16.5. The molecule has 15 heavy (non-hydrogen) atoms. The minimum atomic E-state index is 0.420. The van der Waals surface area contributed by atoms with E-state index in [2.05, 4.69) is 33.8 Å². The third kappa shape index (κ3) is 2.99. The molecule has 0 saturated carbocycles. The average molecular weight is 210 g/mol. The molecule has 0 aromatic carbocycles. The molecule has 1 aliphatic carbocycles. The van der Waals surface area contributed by atoms with E-state index in [9.17, 15) is 0 Å². The predicted molar refractivity (Wildman–Crippen MR) is 65.7 cm³/mol. The van der Waals surface area contributed by atoms with Crippen molar-refractivity contribution in [2.24, 2.45) is 11.3 Å². The van der Waals surface area contributed by atoms with Crippen LogP contribution >= 0.6 is 0 Å². The molecule has 0 amide bonds. The van der Waals surface area contributed by atoms with Crippen molar-refractivity contribution < 1.29 is 4.74 Å². The lowest BCUT2D eigenvalue weighted by Crippen LogP contribution is -2.26. The maximum Gasteiger partial charge on any atom is 0.0928 e. The first kappa shape index (κ1) is 12.6. The van der Waals surface area contributed by atoms with Crippen molar-refractivity contribution in [3.8, 4) is 0 Å². The SMILES string of the molecule is CCOC1=CC(CC)(CC)CC(CC)C1. The van der Waals surface area contributed by atoms with E-state index in [-0.39, 0.29) is 0 Å². The van der Waals surface area contributed by atoms with Crippen LogP contribution in [0.1, 0.15) is 59.8 Å². The van der Waals surface area contributed by atoms with Gasteiger partial charge in [-0.2, -0.15) is 0 Å². The highest BCUT2D eigenvalue weighted by Gasteiger charge is 2.32. The molecular formula is C14H26O. The van der Waals surface area contributed by atoms with Gasteiger partial charge in [-0.05, 0) is 43.6 Å². The summed E-state index contributed by atoms with van der Waals surface area (Å²) in [7, 11) is 0. The van der Waals surface area contributed by atoms with E-state index in [1.807, 2.05) is 0 Å². The number of rotatable bonds is 5. The van der Waals surface area contributed by atoms with Crippen LogP contribution in [0.25, 0.3) is 0 Å². The molecule has 0 saturated heterocycles. The van der Waals surface area contributed by atoms with Gasteiger partial charge in [0.15, 0.2) is 0 Å². The Labute approximate surface area is 94.9 Å². The second kappa shape index (κ2) is 5.58. The first-order valence-electron chi connectivity index (χ1n) is 6.54. The standard InChI is InChI=1S/C14H26O/c1-5-12-9-13(15-8-4)11-14(6-2,7-3)10-12/h11-12H,5-10H2,1-4H3.